The molecule has 0 amide bonds. The van der Waals surface area contributed by atoms with Gasteiger partial charge in [0.25, 0.3) is 6.71 Å². The summed E-state index contributed by atoms with van der Waals surface area (Å²) < 4.78 is 6.96. The second kappa shape index (κ2) is 19.6. The Labute approximate surface area is 501 Å². The molecule has 85 heavy (non-hydrogen) atoms. The van der Waals surface area contributed by atoms with Gasteiger partial charge in [-0.3, -0.25) is 0 Å². The molecule has 0 unspecified atom stereocenters. The molecule has 12 aromatic rings. The lowest BCUT2D eigenvalue weighted by Crippen LogP contribution is -2.61. The van der Waals surface area contributed by atoms with Crippen LogP contribution in [-0.2, 0) is 16.2 Å². The fourth-order valence-electron chi connectivity index (χ4n) is 14.3. The minimum atomic E-state index is -0.182. The van der Waals surface area contributed by atoms with Gasteiger partial charge in [-0.05, 0) is 188 Å². The number of nitrogens with zero attached hydrogens (tertiary/aromatic N) is 3. The summed E-state index contributed by atoms with van der Waals surface area (Å²) >= 11 is 0. The van der Waals surface area contributed by atoms with E-state index in [1.165, 1.54) is 89.0 Å². The summed E-state index contributed by atoms with van der Waals surface area (Å²) in [4.78, 5) is 7.81. The van der Waals surface area contributed by atoms with Crippen LogP contribution in [0, 0.1) is 13.8 Å². The first-order valence-corrected chi connectivity index (χ1v) is 30.4. The Morgan fingerprint density at radius 1 is 0.412 bits per heavy atom. The normalized spacial score (nSPS) is 14.7. The van der Waals surface area contributed by atoms with Gasteiger partial charge in [0.15, 0.2) is 0 Å². The number of para-hydroxylation sites is 2. The summed E-state index contributed by atoms with van der Waals surface area (Å²) in [6.07, 6.45) is 2.26. The lowest BCUT2D eigenvalue weighted by Gasteiger charge is -2.47. The molecule has 0 fully saturated rings. The van der Waals surface area contributed by atoms with Crippen LogP contribution in [0.5, 0.6) is 0 Å². The zero-order chi connectivity index (χ0) is 58.1. The van der Waals surface area contributed by atoms with Gasteiger partial charge in [0.2, 0.25) is 0 Å². The maximum Gasteiger partial charge on any atom is 0.252 e. The molecule has 0 N–H and O–H groups in total. The van der Waals surface area contributed by atoms with Gasteiger partial charge in [0, 0.05) is 56.1 Å². The number of anilines is 9. The molecule has 1 aliphatic carbocycles. The van der Waals surface area contributed by atoms with Crippen molar-refractivity contribution in [3.63, 3.8) is 0 Å². The van der Waals surface area contributed by atoms with Crippen molar-refractivity contribution < 1.29 is 4.42 Å². The number of furan rings is 1. The SMILES string of the molecule is Cc1ccccc1N(c1ccc(-c2ccccc2)cc1)c1cc2c3c(c1)N(c1ccc(C(C)(C)C)cc1-c1ccccc1)c1cc4c(cc1B3c1ccc(-c3ccccc3)cc1N2c1cc2c(cc1C)C(C)(C)CCC2(C)C)oc1ccccc14. The second-order valence-electron chi connectivity index (χ2n) is 26.5. The first kappa shape index (κ1) is 52.5. The van der Waals surface area contributed by atoms with Gasteiger partial charge >= 0.3 is 0 Å². The van der Waals surface area contributed by atoms with Crippen LogP contribution in [0.2, 0.25) is 0 Å². The average molecular weight is 1100 g/mol. The summed E-state index contributed by atoms with van der Waals surface area (Å²) in [5.41, 5.74) is 29.3. The Balaban J connectivity index is 1.11. The van der Waals surface area contributed by atoms with Crippen LogP contribution in [0.1, 0.15) is 89.1 Å². The molecule has 0 saturated heterocycles. The molecule has 0 atom stereocenters. The number of hydrogen-bond donors (Lipinski definition) is 0. The van der Waals surface area contributed by atoms with Gasteiger partial charge in [-0.15, -0.1) is 0 Å². The van der Waals surface area contributed by atoms with Gasteiger partial charge in [-0.1, -0.05) is 212 Å². The number of aryl methyl sites for hydroxylation is 2. The van der Waals surface area contributed by atoms with E-state index >= 15 is 0 Å². The third kappa shape index (κ3) is 8.64. The topological polar surface area (TPSA) is 22.9 Å². The van der Waals surface area contributed by atoms with Crippen LogP contribution >= 0.6 is 0 Å². The third-order valence-corrected chi connectivity index (χ3v) is 19.1. The molecule has 0 saturated carbocycles. The van der Waals surface area contributed by atoms with E-state index in [2.05, 4.69) is 314 Å². The van der Waals surface area contributed by atoms with Gasteiger partial charge in [-0.25, -0.2) is 0 Å². The maximum atomic E-state index is 6.96. The quantitative estimate of drug-likeness (QED) is 0.141. The fourth-order valence-corrected chi connectivity index (χ4v) is 14.3. The van der Waals surface area contributed by atoms with Crippen molar-refractivity contribution in [1.29, 1.82) is 0 Å². The zero-order valence-corrected chi connectivity index (χ0v) is 50.3. The molecule has 0 radical (unpaired) electrons. The summed E-state index contributed by atoms with van der Waals surface area (Å²) in [6, 6.07) is 88.9. The zero-order valence-electron chi connectivity index (χ0n) is 50.3. The second-order valence-corrected chi connectivity index (χ2v) is 26.5. The monoisotopic (exact) mass is 1100 g/mol. The molecular weight excluding hydrogens is 1030 g/mol. The van der Waals surface area contributed by atoms with E-state index in [1.807, 2.05) is 0 Å². The molecular formula is C80H70BN3O. The van der Waals surface area contributed by atoms with Gasteiger partial charge in [-0.2, -0.15) is 0 Å². The van der Waals surface area contributed by atoms with Crippen LogP contribution in [-0.4, -0.2) is 6.71 Å². The molecule has 3 heterocycles. The van der Waals surface area contributed by atoms with Gasteiger partial charge in [0.1, 0.15) is 11.2 Å². The third-order valence-electron chi connectivity index (χ3n) is 19.1. The molecule has 414 valence electrons. The van der Waals surface area contributed by atoms with Gasteiger partial charge in [0.05, 0.1) is 11.4 Å². The molecule has 11 aromatic carbocycles. The van der Waals surface area contributed by atoms with Crippen molar-refractivity contribution >= 4 is 96.2 Å². The van der Waals surface area contributed by atoms with E-state index in [1.54, 1.807) is 0 Å². The molecule has 0 spiro atoms. The largest absolute Gasteiger partial charge is 0.456 e. The lowest BCUT2D eigenvalue weighted by atomic mass is 9.33. The summed E-state index contributed by atoms with van der Waals surface area (Å²) in [7, 11) is 0. The Hall–Kier alpha value is -9.32. The summed E-state index contributed by atoms with van der Waals surface area (Å²) in [5.74, 6) is 0. The van der Waals surface area contributed by atoms with E-state index in [9.17, 15) is 0 Å². The van der Waals surface area contributed by atoms with Gasteiger partial charge < -0.3 is 19.1 Å². The van der Waals surface area contributed by atoms with Crippen molar-refractivity contribution in [1.82, 2.24) is 0 Å². The van der Waals surface area contributed by atoms with E-state index in [0.29, 0.717) is 0 Å². The highest BCUT2D eigenvalue weighted by molar-refractivity contribution is 7.00. The molecule has 15 rings (SSSR count). The lowest BCUT2D eigenvalue weighted by molar-refractivity contribution is 0.332. The highest BCUT2D eigenvalue weighted by Crippen LogP contribution is 2.54. The minimum absolute atomic E-state index is 0.0318. The molecule has 4 nitrogen and oxygen atoms in total. The number of benzene rings is 11. The van der Waals surface area contributed by atoms with E-state index < -0.39 is 0 Å². The Kier molecular flexibility index (Phi) is 12.1. The summed E-state index contributed by atoms with van der Waals surface area (Å²) in [6.45, 7) is 21.2. The molecule has 0 bridgehead atoms. The summed E-state index contributed by atoms with van der Waals surface area (Å²) in [5, 5.41) is 2.20. The Morgan fingerprint density at radius 2 is 0.976 bits per heavy atom. The molecule has 1 aromatic heterocycles. The predicted octanol–water partition coefficient (Wildman–Crippen LogP) is 20.4. The van der Waals surface area contributed by atoms with Crippen LogP contribution in [0.25, 0.3) is 55.3 Å². The van der Waals surface area contributed by atoms with Crippen molar-refractivity contribution in [3.05, 3.63) is 264 Å². The number of hydrogen-bond acceptors (Lipinski definition) is 4. The van der Waals surface area contributed by atoms with Crippen LogP contribution in [0.3, 0.4) is 0 Å². The highest BCUT2D eigenvalue weighted by atomic mass is 16.3. The molecule has 3 aliphatic rings. The van der Waals surface area contributed by atoms with Crippen molar-refractivity contribution in [2.24, 2.45) is 0 Å². The van der Waals surface area contributed by atoms with Crippen molar-refractivity contribution in [3.8, 4) is 33.4 Å². The first-order chi connectivity index (χ1) is 41.1. The van der Waals surface area contributed by atoms with Crippen LogP contribution in [0.15, 0.2) is 241 Å². The maximum absolute atomic E-state index is 6.96. The van der Waals surface area contributed by atoms with E-state index in [4.69, 9.17) is 4.42 Å². The molecule has 5 heteroatoms. The molecule has 2 aliphatic heterocycles. The first-order valence-electron chi connectivity index (χ1n) is 30.4. The fraction of sp³-hybridized carbons (Fsp3) is 0.175. The van der Waals surface area contributed by atoms with E-state index in [-0.39, 0.29) is 23.0 Å². The Morgan fingerprint density at radius 3 is 1.65 bits per heavy atom. The average Bonchev–Trinajstić information content (AvgIpc) is 1.31. The predicted molar refractivity (Wildman–Crippen MR) is 362 cm³/mol. The van der Waals surface area contributed by atoms with Crippen molar-refractivity contribution in [2.45, 2.75) is 91.4 Å². The van der Waals surface area contributed by atoms with Crippen LogP contribution in [0.4, 0.5) is 51.2 Å². The Bertz CT molecular complexity index is 4610. The van der Waals surface area contributed by atoms with Crippen LogP contribution < -0.4 is 31.1 Å². The number of rotatable bonds is 8. The smallest absolute Gasteiger partial charge is 0.252 e. The highest BCUT2D eigenvalue weighted by Gasteiger charge is 2.46. The number of fused-ring (bicyclic) bond motifs is 8. The van der Waals surface area contributed by atoms with Crippen molar-refractivity contribution in [2.75, 3.05) is 14.7 Å². The van der Waals surface area contributed by atoms with E-state index in [0.717, 1.165) is 74.6 Å². The minimum Gasteiger partial charge on any atom is -0.456 e. The standard InChI is InChI=1S/C80H70BN3O/c1-51-23-19-21-31-68(51)82(59-37-33-55(34-38-59)53-24-13-10-14-25-53)60-46-73-77-74(47-60)84(70-49-65-64(43-52(70)2)79(6,7)41-42-80(65,8)9)71-44-57(54-26-15-11-16-27-54)35-39-66(71)81(77)67-50-76-63(61-30-20-22-32-75(61)85-76)48-72(67)83(73)69-40-36-58(78(3,4)5)45-62(69)56-28-17-12-18-29-56/h10-40,43-50H,41-42H2,1-9H3.